The predicted molar refractivity (Wildman–Crippen MR) is 57.6 cm³/mol. The minimum absolute atomic E-state index is 0.112. The highest BCUT2D eigenvalue weighted by Gasteiger charge is 2.11. The minimum atomic E-state index is -1.04. The van der Waals surface area contributed by atoms with Crippen LogP contribution in [0.1, 0.15) is 26.3 Å². The van der Waals surface area contributed by atoms with Crippen LogP contribution in [0.25, 0.3) is 0 Å². The van der Waals surface area contributed by atoms with Crippen LogP contribution in [0.5, 0.6) is 0 Å². The van der Waals surface area contributed by atoms with Crippen molar-refractivity contribution in [3.8, 4) is 0 Å². The quantitative estimate of drug-likeness (QED) is 0.768. The summed E-state index contributed by atoms with van der Waals surface area (Å²) in [4.78, 5) is 25.4. The van der Waals surface area contributed by atoms with E-state index < -0.39 is 5.97 Å². The number of aromatic amines is 1. The zero-order valence-electron chi connectivity index (χ0n) is 8.31. The molecule has 0 bridgehead atoms. The fraction of sp³-hybridized carbons (Fsp3) is 0. The lowest BCUT2D eigenvalue weighted by atomic mass is 10.0. The zero-order valence-corrected chi connectivity index (χ0v) is 8.31. The lowest BCUT2D eigenvalue weighted by Crippen LogP contribution is -2.03. The second kappa shape index (κ2) is 4.02. The number of carboxylic acids is 1. The summed E-state index contributed by atoms with van der Waals surface area (Å²) < 4.78 is 0. The Hall–Kier alpha value is -2.36. The van der Waals surface area contributed by atoms with Crippen molar-refractivity contribution in [2.75, 3.05) is 0 Å². The molecule has 0 aliphatic carbocycles. The number of benzene rings is 1. The molecule has 0 atom stereocenters. The first kappa shape index (κ1) is 10.2. The summed E-state index contributed by atoms with van der Waals surface area (Å²) in [7, 11) is 0. The Morgan fingerprint density at radius 3 is 2.44 bits per heavy atom. The van der Waals surface area contributed by atoms with Crippen LogP contribution in [0.4, 0.5) is 0 Å². The van der Waals surface area contributed by atoms with Gasteiger partial charge in [-0.05, 0) is 18.2 Å². The van der Waals surface area contributed by atoms with Gasteiger partial charge in [0.05, 0.1) is 5.56 Å². The highest BCUT2D eigenvalue weighted by atomic mass is 16.4. The normalized spacial score (nSPS) is 10.0. The van der Waals surface area contributed by atoms with Crippen molar-refractivity contribution in [1.29, 1.82) is 0 Å². The van der Waals surface area contributed by atoms with E-state index in [0.29, 0.717) is 11.1 Å². The molecule has 0 spiro atoms. The number of nitrogens with one attached hydrogen (secondary N) is 1. The summed E-state index contributed by atoms with van der Waals surface area (Å²) in [6.45, 7) is 0. The minimum Gasteiger partial charge on any atom is -0.478 e. The van der Waals surface area contributed by atoms with E-state index in [1.807, 2.05) is 0 Å². The maximum absolute atomic E-state index is 11.9. The van der Waals surface area contributed by atoms with Gasteiger partial charge >= 0.3 is 5.97 Å². The van der Waals surface area contributed by atoms with Gasteiger partial charge in [-0.2, -0.15) is 0 Å². The van der Waals surface area contributed by atoms with E-state index in [1.54, 1.807) is 30.6 Å². The SMILES string of the molecule is O=C(O)c1cccc(C(=O)c2cc[nH]c2)c1. The number of carbonyl (C=O) groups excluding carboxylic acids is 1. The Labute approximate surface area is 91.5 Å². The van der Waals surface area contributed by atoms with E-state index in [1.165, 1.54) is 12.1 Å². The lowest BCUT2D eigenvalue weighted by molar-refractivity contribution is 0.0697. The number of aromatic carboxylic acids is 1. The highest BCUT2D eigenvalue weighted by Crippen LogP contribution is 2.11. The van der Waals surface area contributed by atoms with Crippen LogP contribution in [0.15, 0.2) is 42.7 Å². The van der Waals surface area contributed by atoms with Crippen LogP contribution >= 0.6 is 0 Å². The summed E-state index contributed by atoms with van der Waals surface area (Å²) in [5.41, 5.74) is 1.00. The van der Waals surface area contributed by atoms with Gasteiger partial charge in [0.15, 0.2) is 5.78 Å². The van der Waals surface area contributed by atoms with Gasteiger partial charge < -0.3 is 10.1 Å². The smallest absolute Gasteiger partial charge is 0.335 e. The molecule has 1 aromatic heterocycles. The van der Waals surface area contributed by atoms with Crippen molar-refractivity contribution in [2.24, 2.45) is 0 Å². The van der Waals surface area contributed by atoms with Crippen LogP contribution in [0, 0.1) is 0 Å². The number of hydrogen-bond donors (Lipinski definition) is 2. The van der Waals surface area contributed by atoms with Gasteiger partial charge in [0.1, 0.15) is 0 Å². The predicted octanol–water partition coefficient (Wildman–Crippen LogP) is 1.94. The van der Waals surface area contributed by atoms with E-state index in [2.05, 4.69) is 4.98 Å². The molecule has 1 heterocycles. The molecule has 0 radical (unpaired) electrons. The summed E-state index contributed by atoms with van der Waals surface area (Å²) in [5, 5.41) is 8.80. The fourth-order valence-electron chi connectivity index (χ4n) is 1.43. The van der Waals surface area contributed by atoms with Crippen LogP contribution in [0.3, 0.4) is 0 Å². The maximum atomic E-state index is 11.9. The first-order chi connectivity index (χ1) is 7.68. The second-order valence-electron chi connectivity index (χ2n) is 3.31. The Morgan fingerprint density at radius 2 is 1.81 bits per heavy atom. The lowest BCUT2D eigenvalue weighted by Gasteiger charge is -1.99. The number of H-pyrrole nitrogens is 1. The fourth-order valence-corrected chi connectivity index (χ4v) is 1.43. The van der Waals surface area contributed by atoms with Crippen molar-refractivity contribution in [2.45, 2.75) is 0 Å². The van der Waals surface area contributed by atoms with Crippen molar-refractivity contribution in [3.63, 3.8) is 0 Å². The standard InChI is InChI=1S/C12H9NO3/c14-11(10-4-5-13-7-10)8-2-1-3-9(6-8)12(15)16/h1-7,13H,(H,15,16). The molecular weight excluding hydrogens is 206 g/mol. The molecule has 0 amide bonds. The first-order valence-electron chi connectivity index (χ1n) is 4.69. The average Bonchev–Trinajstić information content (AvgIpc) is 2.81. The summed E-state index contributed by atoms with van der Waals surface area (Å²) in [6.07, 6.45) is 3.23. The number of carboxylic acid groups (broad SMARTS) is 1. The van der Waals surface area contributed by atoms with Crippen LogP contribution in [-0.4, -0.2) is 21.8 Å². The van der Waals surface area contributed by atoms with Crippen molar-refractivity contribution >= 4 is 11.8 Å². The molecular formula is C12H9NO3. The highest BCUT2D eigenvalue weighted by molar-refractivity contribution is 6.09. The summed E-state index contributed by atoms with van der Waals surface area (Å²) in [6, 6.07) is 7.63. The van der Waals surface area contributed by atoms with Crippen molar-refractivity contribution in [1.82, 2.24) is 4.98 Å². The topological polar surface area (TPSA) is 70.2 Å². The molecule has 2 aromatic rings. The van der Waals surface area contributed by atoms with Gasteiger partial charge in [-0.15, -0.1) is 0 Å². The molecule has 2 N–H and O–H groups in total. The number of ketones is 1. The molecule has 0 unspecified atom stereocenters. The first-order valence-corrected chi connectivity index (χ1v) is 4.69. The molecule has 16 heavy (non-hydrogen) atoms. The molecule has 80 valence electrons. The average molecular weight is 215 g/mol. The van der Waals surface area contributed by atoms with E-state index in [9.17, 15) is 9.59 Å². The van der Waals surface area contributed by atoms with E-state index in [0.717, 1.165) is 0 Å². The zero-order chi connectivity index (χ0) is 11.5. The van der Waals surface area contributed by atoms with Gasteiger partial charge in [-0.25, -0.2) is 4.79 Å². The Morgan fingerprint density at radius 1 is 1.06 bits per heavy atom. The van der Waals surface area contributed by atoms with Gasteiger partial charge in [-0.1, -0.05) is 12.1 Å². The number of hydrogen-bond acceptors (Lipinski definition) is 2. The monoisotopic (exact) mass is 215 g/mol. The van der Waals surface area contributed by atoms with Crippen LogP contribution in [-0.2, 0) is 0 Å². The van der Waals surface area contributed by atoms with Gasteiger partial charge in [0, 0.05) is 23.5 Å². The number of aromatic nitrogens is 1. The molecule has 0 saturated carbocycles. The molecule has 4 heteroatoms. The Kier molecular flexibility index (Phi) is 2.55. The van der Waals surface area contributed by atoms with Gasteiger partial charge in [-0.3, -0.25) is 4.79 Å². The third-order valence-electron chi connectivity index (χ3n) is 2.23. The molecule has 0 fully saturated rings. The molecule has 0 aliphatic heterocycles. The Balaban J connectivity index is 2.38. The second-order valence-corrected chi connectivity index (χ2v) is 3.31. The molecule has 2 rings (SSSR count). The molecule has 4 nitrogen and oxygen atoms in total. The number of rotatable bonds is 3. The van der Waals surface area contributed by atoms with Gasteiger partial charge in [0.25, 0.3) is 0 Å². The van der Waals surface area contributed by atoms with Gasteiger partial charge in [0.2, 0.25) is 0 Å². The van der Waals surface area contributed by atoms with E-state index in [4.69, 9.17) is 5.11 Å². The third-order valence-corrected chi connectivity index (χ3v) is 2.23. The Bertz CT molecular complexity index is 529. The van der Waals surface area contributed by atoms with Crippen molar-refractivity contribution in [3.05, 3.63) is 59.4 Å². The van der Waals surface area contributed by atoms with Crippen LogP contribution in [0.2, 0.25) is 0 Å². The van der Waals surface area contributed by atoms with Crippen molar-refractivity contribution < 1.29 is 14.7 Å². The number of carbonyl (C=O) groups is 2. The molecule has 0 saturated heterocycles. The van der Waals surface area contributed by atoms with E-state index >= 15 is 0 Å². The summed E-state index contributed by atoms with van der Waals surface area (Å²) >= 11 is 0. The maximum Gasteiger partial charge on any atom is 0.335 e. The van der Waals surface area contributed by atoms with Crippen LogP contribution < -0.4 is 0 Å². The summed E-state index contributed by atoms with van der Waals surface area (Å²) in [5.74, 6) is -1.23. The van der Waals surface area contributed by atoms with E-state index in [-0.39, 0.29) is 11.3 Å². The third kappa shape index (κ3) is 1.86. The molecule has 0 aliphatic rings. The largest absolute Gasteiger partial charge is 0.478 e. The molecule has 1 aromatic carbocycles.